The molecule has 1 aliphatic rings. The second kappa shape index (κ2) is 7.92. The van der Waals surface area contributed by atoms with Crippen LogP contribution in [0.2, 0.25) is 0 Å². The van der Waals surface area contributed by atoms with Gasteiger partial charge in [0.15, 0.2) is 0 Å². The maximum Gasteiger partial charge on any atom is 0.261 e. The van der Waals surface area contributed by atoms with Crippen molar-refractivity contribution in [3.63, 3.8) is 0 Å². The number of piperidine rings is 1. The molecule has 2 aromatic heterocycles. The zero-order chi connectivity index (χ0) is 18.6. The van der Waals surface area contributed by atoms with Crippen molar-refractivity contribution in [1.82, 2.24) is 9.88 Å². The zero-order valence-corrected chi connectivity index (χ0v) is 15.9. The van der Waals surface area contributed by atoms with Crippen molar-refractivity contribution >= 4 is 17.2 Å². The minimum atomic E-state index is -0.308. The second-order valence-corrected chi connectivity index (χ2v) is 7.97. The van der Waals surface area contributed by atoms with Crippen LogP contribution in [-0.2, 0) is 6.42 Å². The van der Waals surface area contributed by atoms with E-state index in [2.05, 4.69) is 29.2 Å². The summed E-state index contributed by atoms with van der Waals surface area (Å²) in [5.41, 5.74) is 2.03. The highest BCUT2D eigenvalue weighted by molar-refractivity contribution is 7.13. The molecule has 1 aromatic carbocycles. The van der Waals surface area contributed by atoms with Gasteiger partial charge in [-0.2, -0.15) is 0 Å². The Morgan fingerprint density at radius 2 is 1.81 bits per heavy atom. The van der Waals surface area contributed by atoms with Crippen molar-refractivity contribution in [3.05, 3.63) is 81.5 Å². The summed E-state index contributed by atoms with van der Waals surface area (Å²) in [4.78, 5) is 30.9. The Kier molecular flexibility index (Phi) is 5.21. The Morgan fingerprint density at radius 3 is 2.48 bits per heavy atom. The Bertz CT molecular complexity index is 955. The number of aromatic amines is 1. The van der Waals surface area contributed by atoms with Gasteiger partial charge < -0.3 is 9.88 Å². The first-order valence-electron chi connectivity index (χ1n) is 9.31. The first-order chi connectivity index (χ1) is 13.2. The summed E-state index contributed by atoms with van der Waals surface area (Å²) in [5.74, 6) is 0.433. The Morgan fingerprint density at radius 1 is 1.04 bits per heavy atom. The number of pyridine rings is 1. The van der Waals surface area contributed by atoms with Gasteiger partial charge in [-0.3, -0.25) is 9.59 Å². The van der Waals surface area contributed by atoms with Crippen molar-refractivity contribution in [2.24, 2.45) is 5.92 Å². The molecule has 3 aromatic rings. The maximum absolute atomic E-state index is 12.8. The molecule has 1 fully saturated rings. The second-order valence-electron chi connectivity index (χ2n) is 7.02. The van der Waals surface area contributed by atoms with Gasteiger partial charge in [0.05, 0.1) is 10.6 Å². The summed E-state index contributed by atoms with van der Waals surface area (Å²) in [7, 11) is 0. The molecule has 4 nitrogen and oxygen atoms in total. The van der Waals surface area contributed by atoms with Gasteiger partial charge in [0, 0.05) is 13.1 Å². The van der Waals surface area contributed by atoms with Crippen LogP contribution in [-0.4, -0.2) is 28.9 Å². The number of nitrogens with zero attached hydrogens (tertiary/aromatic N) is 1. The van der Waals surface area contributed by atoms with Gasteiger partial charge in [-0.25, -0.2) is 0 Å². The van der Waals surface area contributed by atoms with Gasteiger partial charge in [0.25, 0.3) is 11.5 Å². The van der Waals surface area contributed by atoms with E-state index in [-0.39, 0.29) is 17.0 Å². The lowest BCUT2D eigenvalue weighted by Gasteiger charge is -2.32. The van der Waals surface area contributed by atoms with Crippen LogP contribution < -0.4 is 5.56 Å². The largest absolute Gasteiger partial charge is 0.338 e. The molecular formula is C22H22N2O2S. The molecule has 1 N–H and O–H groups in total. The van der Waals surface area contributed by atoms with Crippen LogP contribution in [0, 0.1) is 5.92 Å². The molecular weight excluding hydrogens is 356 g/mol. The fourth-order valence-corrected chi connectivity index (χ4v) is 4.38. The van der Waals surface area contributed by atoms with Crippen LogP contribution in [0.4, 0.5) is 0 Å². The lowest BCUT2D eigenvalue weighted by molar-refractivity contribution is 0.0689. The fraction of sp³-hybridized carbons (Fsp3) is 0.273. The number of thiophene rings is 1. The number of H-pyrrole nitrogens is 1. The smallest absolute Gasteiger partial charge is 0.261 e. The topological polar surface area (TPSA) is 53.2 Å². The van der Waals surface area contributed by atoms with E-state index in [4.69, 9.17) is 0 Å². The highest BCUT2D eigenvalue weighted by Gasteiger charge is 2.25. The molecule has 0 radical (unpaired) electrons. The average molecular weight is 378 g/mol. The van der Waals surface area contributed by atoms with Crippen molar-refractivity contribution in [2.75, 3.05) is 13.1 Å². The molecule has 0 bridgehead atoms. The summed E-state index contributed by atoms with van der Waals surface area (Å²) in [6.07, 6.45) is 3.01. The number of likely N-dealkylation sites (tertiary alicyclic amines) is 1. The minimum Gasteiger partial charge on any atom is -0.338 e. The summed E-state index contributed by atoms with van der Waals surface area (Å²) in [6.45, 7) is 1.42. The third-order valence-electron chi connectivity index (χ3n) is 5.20. The quantitative estimate of drug-likeness (QED) is 0.740. The number of carbonyl (C=O) groups is 1. The van der Waals surface area contributed by atoms with E-state index >= 15 is 0 Å². The highest BCUT2D eigenvalue weighted by Crippen LogP contribution is 2.24. The summed E-state index contributed by atoms with van der Waals surface area (Å²) < 4.78 is 0. The van der Waals surface area contributed by atoms with Gasteiger partial charge in [-0.1, -0.05) is 36.4 Å². The number of rotatable bonds is 4. The molecule has 1 amide bonds. The van der Waals surface area contributed by atoms with Crippen LogP contribution in [0.5, 0.6) is 0 Å². The number of nitrogens with one attached hydrogen (secondary N) is 1. The maximum atomic E-state index is 12.8. The molecule has 0 atom stereocenters. The molecule has 0 saturated carbocycles. The molecule has 1 aliphatic heterocycles. The van der Waals surface area contributed by atoms with Gasteiger partial charge in [-0.05, 0) is 54.3 Å². The molecule has 5 heteroatoms. The summed E-state index contributed by atoms with van der Waals surface area (Å²) >= 11 is 1.56. The van der Waals surface area contributed by atoms with Crippen LogP contribution in [0.15, 0.2) is 64.8 Å². The number of hydrogen-bond donors (Lipinski definition) is 1. The van der Waals surface area contributed by atoms with Crippen molar-refractivity contribution in [3.8, 4) is 10.6 Å². The predicted molar refractivity (Wildman–Crippen MR) is 109 cm³/mol. The number of benzene rings is 1. The highest BCUT2D eigenvalue weighted by atomic mass is 32.1. The van der Waals surface area contributed by atoms with E-state index in [1.807, 2.05) is 34.5 Å². The number of hydrogen-bond acceptors (Lipinski definition) is 3. The SMILES string of the molecule is O=C(c1ccc(-c2cccs2)[nH]c1=O)N1CCC(Cc2ccccc2)CC1. The molecule has 4 rings (SSSR count). The van der Waals surface area contributed by atoms with Gasteiger partial charge >= 0.3 is 0 Å². The lowest BCUT2D eigenvalue weighted by Crippen LogP contribution is -2.40. The first-order valence-corrected chi connectivity index (χ1v) is 10.2. The predicted octanol–water partition coefficient (Wildman–Crippen LogP) is 4.20. The molecule has 0 spiro atoms. The molecule has 138 valence electrons. The Labute approximate surface area is 162 Å². The van der Waals surface area contributed by atoms with Gasteiger partial charge in [0.1, 0.15) is 5.56 Å². The third kappa shape index (κ3) is 4.03. The minimum absolute atomic E-state index is 0.160. The zero-order valence-electron chi connectivity index (χ0n) is 15.1. The van der Waals surface area contributed by atoms with Crippen LogP contribution in [0.1, 0.15) is 28.8 Å². The number of aromatic nitrogens is 1. The first kappa shape index (κ1) is 17.7. The Hall–Kier alpha value is -2.66. The van der Waals surface area contributed by atoms with Crippen molar-refractivity contribution in [1.29, 1.82) is 0 Å². The average Bonchev–Trinajstić information content (AvgIpc) is 3.24. The van der Waals surface area contributed by atoms with Crippen LogP contribution in [0.3, 0.4) is 0 Å². The number of carbonyl (C=O) groups excluding carboxylic acids is 1. The molecule has 0 unspecified atom stereocenters. The molecule has 0 aliphatic carbocycles. The number of amides is 1. The van der Waals surface area contributed by atoms with E-state index in [1.165, 1.54) is 5.56 Å². The van der Waals surface area contributed by atoms with Crippen LogP contribution >= 0.6 is 11.3 Å². The fourth-order valence-electron chi connectivity index (χ4n) is 3.68. The standard InChI is InChI=1S/C22H22N2O2S/c25-21-18(8-9-19(23-21)20-7-4-14-27-20)22(26)24-12-10-17(11-13-24)15-16-5-2-1-3-6-16/h1-9,14,17H,10-13,15H2,(H,23,25). The van der Waals surface area contributed by atoms with E-state index < -0.39 is 0 Å². The van der Waals surface area contributed by atoms with Crippen molar-refractivity contribution < 1.29 is 4.79 Å². The normalized spacial score (nSPS) is 15.0. The van der Waals surface area contributed by atoms with Crippen LogP contribution in [0.25, 0.3) is 10.6 Å². The van der Waals surface area contributed by atoms with Gasteiger partial charge in [0.2, 0.25) is 0 Å². The third-order valence-corrected chi connectivity index (χ3v) is 6.10. The van der Waals surface area contributed by atoms with E-state index in [0.717, 1.165) is 29.8 Å². The van der Waals surface area contributed by atoms with E-state index in [9.17, 15) is 9.59 Å². The Balaban J connectivity index is 1.40. The van der Waals surface area contributed by atoms with E-state index in [1.54, 1.807) is 17.4 Å². The van der Waals surface area contributed by atoms with Crippen molar-refractivity contribution in [2.45, 2.75) is 19.3 Å². The van der Waals surface area contributed by atoms with Gasteiger partial charge in [-0.15, -0.1) is 11.3 Å². The molecule has 3 heterocycles. The summed E-state index contributed by atoms with van der Waals surface area (Å²) in [6, 6.07) is 17.9. The van der Waals surface area contributed by atoms with E-state index in [0.29, 0.717) is 19.0 Å². The monoisotopic (exact) mass is 378 g/mol. The lowest BCUT2D eigenvalue weighted by atomic mass is 9.90. The molecule has 27 heavy (non-hydrogen) atoms. The molecule has 1 saturated heterocycles. The summed E-state index contributed by atoms with van der Waals surface area (Å²) in [5, 5.41) is 1.96.